The van der Waals surface area contributed by atoms with Crippen LogP contribution < -0.4 is 20.4 Å². The van der Waals surface area contributed by atoms with Gasteiger partial charge >= 0.3 is 0 Å². The normalized spacial score (nSPS) is 16.8. The van der Waals surface area contributed by atoms with Gasteiger partial charge in [-0.25, -0.2) is 8.78 Å². The number of nitrogens with one attached hydrogen (secondary N) is 2. The molecular weight excluding hydrogens is 498 g/mol. The smallest absolute Gasteiger partial charge is 0.264 e. The summed E-state index contributed by atoms with van der Waals surface area (Å²) in [4.78, 5) is 55.0. The highest BCUT2D eigenvalue weighted by Gasteiger charge is 2.41. The minimum Gasteiger partial charge on any atom is -0.378 e. The number of anilines is 3. The Bertz CT molecular complexity index is 1380. The predicted octanol–water partition coefficient (Wildman–Crippen LogP) is 2.33. The molecule has 0 radical (unpaired) electrons. The summed E-state index contributed by atoms with van der Waals surface area (Å²) in [5.41, 5.74) is 1.00. The first kappa shape index (κ1) is 26.4. The lowest BCUT2D eigenvalue weighted by Crippen LogP contribution is -2.58. The van der Waals surface area contributed by atoms with Gasteiger partial charge in [-0.2, -0.15) is 0 Å². The Labute approximate surface area is 216 Å². The van der Waals surface area contributed by atoms with Gasteiger partial charge in [0, 0.05) is 18.8 Å². The molecule has 1 aliphatic heterocycles. The molecule has 0 spiro atoms. The van der Waals surface area contributed by atoms with Crippen LogP contribution in [0.3, 0.4) is 0 Å². The van der Waals surface area contributed by atoms with Gasteiger partial charge in [0.1, 0.15) is 17.7 Å². The summed E-state index contributed by atoms with van der Waals surface area (Å²) >= 11 is 0. The van der Waals surface area contributed by atoms with E-state index in [-0.39, 0.29) is 5.56 Å². The van der Waals surface area contributed by atoms with Crippen LogP contribution in [0.4, 0.5) is 25.8 Å². The Morgan fingerprint density at radius 1 is 0.868 bits per heavy atom. The molecule has 0 saturated heterocycles. The number of aliphatic hydroxyl groups is 1. The van der Waals surface area contributed by atoms with Crippen LogP contribution in [0.5, 0.6) is 0 Å². The maximum absolute atomic E-state index is 13.7. The van der Waals surface area contributed by atoms with Crippen molar-refractivity contribution in [3.63, 3.8) is 0 Å². The van der Waals surface area contributed by atoms with Crippen molar-refractivity contribution in [2.75, 3.05) is 16.8 Å². The molecule has 38 heavy (non-hydrogen) atoms. The number of rotatable bonds is 6. The zero-order valence-electron chi connectivity index (χ0n) is 20.4. The number of nitrogens with zero attached hydrogens (tertiary/aromatic N) is 2. The molecule has 1 aliphatic rings. The Kier molecular flexibility index (Phi) is 7.49. The van der Waals surface area contributed by atoms with E-state index >= 15 is 0 Å². The Morgan fingerprint density at radius 3 is 2.08 bits per heavy atom. The molecular formula is C27H24F2N4O5. The van der Waals surface area contributed by atoms with E-state index in [4.69, 9.17) is 0 Å². The molecule has 4 rings (SSSR count). The number of halogens is 2. The number of benzene rings is 3. The SMILES string of the molecule is CC(NC(=O)C(O)c1cc(F)cc(F)c1)C(=O)NC1C(=O)N(C)c2ccccc2N(c2ccccc2)C1=O. The first-order valence-electron chi connectivity index (χ1n) is 11.6. The molecule has 3 N–H and O–H groups in total. The fourth-order valence-electron chi connectivity index (χ4n) is 4.08. The summed E-state index contributed by atoms with van der Waals surface area (Å²) < 4.78 is 27.0. The van der Waals surface area contributed by atoms with E-state index < -0.39 is 53.5 Å². The van der Waals surface area contributed by atoms with E-state index in [1.807, 2.05) is 0 Å². The van der Waals surface area contributed by atoms with E-state index in [1.165, 1.54) is 23.8 Å². The first-order chi connectivity index (χ1) is 18.1. The van der Waals surface area contributed by atoms with Crippen LogP contribution in [-0.4, -0.2) is 47.9 Å². The second-order valence-corrected chi connectivity index (χ2v) is 8.67. The highest BCUT2D eigenvalue weighted by Crippen LogP contribution is 2.37. The lowest BCUT2D eigenvalue weighted by molar-refractivity contribution is -0.136. The summed E-state index contributed by atoms with van der Waals surface area (Å²) in [5.74, 6) is -5.41. The number of para-hydroxylation sites is 3. The van der Waals surface area contributed by atoms with Crippen LogP contribution in [-0.2, 0) is 19.2 Å². The summed E-state index contributed by atoms with van der Waals surface area (Å²) in [6.07, 6.45) is -1.97. The van der Waals surface area contributed by atoms with Crippen molar-refractivity contribution in [2.24, 2.45) is 0 Å². The minimum atomic E-state index is -1.97. The third kappa shape index (κ3) is 5.23. The molecule has 4 amide bonds. The summed E-state index contributed by atoms with van der Waals surface area (Å²) in [6.45, 7) is 1.27. The van der Waals surface area contributed by atoms with Gasteiger partial charge in [0.2, 0.25) is 5.91 Å². The van der Waals surface area contributed by atoms with Gasteiger partial charge in [-0.3, -0.25) is 24.1 Å². The molecule has 0 saturated carbocycles. The molecule has 1 heterocycles. The average molecular weight is 523 g/mol. The van der Waals surface area contributed by atoms with E-state index in [0.29, 0.717) is 23.1 Å². The van der Waals surface area contributed by atoms with Gasteiger partial charge in [-0.15, -0.1) is 0 Å². The lowest BCUT2D eigenvalue weighted by atomic mass is 10.1. The van der Waals surface area contributed by atoms with Crippen molar-refractivity contribution in [1.29, 1.82) is 0 Å². The lowest BCUT2D eigenvalue weighted by Gasteiger charge is -2.25. The molecule has 11 heteroatoms. The van der Waals surface area contributed by atoms with E-state index in [9.17, 15) is 33.1 Å². The van der Waals surface area contributed by atoms with Crippen molar-refractivity contribution >= 4 is 40.7 Å². The van der Waals surface area contributed by atoms with Crippen LogP contribution in [0, 0.1) is 11.6 Å². The molecule has 196 valence electrons. The monoisotopic (exact) mass is 522 g/mol. The maximum atomic E-state index is 13.7. The number of carbonyl (C=O) groups is 4. The quantitative estimate of drug-likeness (QED) is 0.430. The zero-order valence-corrected chi connectivity index (χ0v) is 20.4. The zero-order chi connectivity index (χ0) is 27.6. The molecule has 3 unspecified atom stereocenters. The molecule has 9 nitrogen and oxygen atoms in total. The fourth-order valence-corrected chi connectivity index (χ4v) is 4.08. The van der Waals surface area contributed by atoms with Crippen molar-refractivity contribution in [3.8, 4) is 0 Å². The standard InChI is InChI=1S/C27H24F2N4O5/c1-15(30-25(36)23(34)16-12-17(28)14-18(29)13-16)24(35)31-22-26(37)32(2)20-10-6-7-11-21(20)33(27(22)38)19-8-4-3-5-9-19/h3-15,22-23,34H,1-2H3,(H,30,36)(H,31,35). The minimum absolute atomic E-state index is 0.348. The van der Waals surface area contributed by atoms with Gasteiger partial charge in [0.15, 0.2) is 12.1 Å². The van der Waals surface area contributed by atoms with E-state index in [0.717, 1.165) is 12.1 Å². The van der Waals surface area contributed by atoms with Crippen molar-refractivity contribution < 1.29 is 33.1 Å². The number of likely N-dealkylation sites (N-methyl/N-ethyl adjacent to an activating group) is 1. The third-order valence-electron chi connectivity index (χ3n) is 6.03. The second-order valence-electron chi connectivity index (χ2n) is 8.67. The van der Waals surface area contributed by atoms with Crippen molar-refractivity contribution in [1.82, 2.24) is 10.6 Å². The Balaban J connectivity index is 1.56. The third-order valence-corrected chi connectivity index (χ3v) is 6.03. The van der Waals surface area contributed by atoms with E-state index in [1.54, 1.807) is 54.6 Å². The topological polar surface area (TPSA) is 119 Å². The number of fused-ring (bicyclic) bond motifs is 1. The highest BCUT2D eigenvalue weighted by atomic mass is 19.1. The molecule has 0 aromatic heterocycles. The van der Waals surface area contributed by atoms with Gasteiger partial charge in [-0.1, -0.05) is 30.3 Å². The number of amides is 4. The van der Waals surface area contributed by atoms with Crippen LogP contribution >= 0.6 is 0 Å². The molecule has 3 atom stereocenters. The van der Waals surface area contributed by atoms with Crippen LogP contribution in [0.25, 0.3) is 0 Å². The Hall–Kier alpha value is -4.64. The Morgan fingerprint density at radius 2 is 1.45 bits per heavy atom. The number of hydrogen-bond acceptors (Lipinski definition) is 5. The number of hydrogen-bond donors (Lipinski definition) is 3. The van der Waals surface area contributed by atoms with Crippen LogP contribution in [0.2, 0.25) is 0 Å². The maximum Gasteiger partial charge on any atom is 0.264 e. The van der Waals surface area contributed by atoms with Crippen molar-refractivity contribution in [3.05, 3.63) is 90.0 Å². The predicted molar refractivity (Wildman–Crippen MR) is 134 cm³/mol. The van der Waals surface area contributed by atoms with Gasteiger partial charge < -0.3 is 20.6 Å². The van der Waals surface area contributed by atoms with Gasteiger partial charge in [0.25, 0.3) is 17.7 Å². The summed E-state index contributed by atoms with van der Waals surface area (Å²) in [6, 6.07) is 14.5. The molecule has 3 aromatic carbocycles. The molecule has 0 fully saturated rings. The molecule has 3 aromatic rings. The molecule has 0 bridgehead atoms. The molecule has 0 aliphatic carbocycles. The van der Waals surface area contributed by atoms with Crippen molar-refractivity contribution in [2.45, 2.75) is 25.1 Å². The van der Waals surface area contributed by atoms with Crippen LogP contribution in [0.1, 0.15) is 18.6 Å². The number of aliphatic hydroxyl groups excluding tert-OH is 1. The highest BCUT2D eigenvalue weighted by molar-refractivity contribution is 6.23. The fraction of sp³-hybridized carbons (Fsp3) is 0.185. The second kappa shape index (κ2) is 10.8. The van der Waals surface area contributed by atoms with E-state index in [2.05, 4.69) is 10.6 Å². The summed E-state index contributed by atoms with van der Waals surface area (Å²) in [5, 5.41) is 14.8. The average Bonchev–Trinajstić information content (AvgIpc) is 2.97. The largest absolute Gasteiger partial charge is 0.378 e. The first-order valence-corrected chi connectivity index (χ1v) is 11.6. The number of carbonyl (C=O) groups excluding carboxylic acids is 4. The van der Waals surface area contributed by atoms with Gasteiger partial charge in [-0.05, 0) is 48.9 Å². The van der Waals surface area contributed by atoms with Crippen LogP contribution in [0.15, 0.2) is 72.8 Å². The van der Waals surface area contributed by atoms with Gasteiger partial charge in [0.05, 0.1) is 11.4 Å². The summed E-state index contributed by atoms with van der Waals surface area (Å²) in [7, 11) is 1.47.